The number of aliphatic carboxylic acids is 1. The molecular formula is C17H12FNO4. The van der Waals surface area contributed by atoms with Crippen molar-refractivity contribution in [2.45, 2.75) is 6.42 Å². The number of carboxylic acid groups (broad SMARTS) is 2. The van der Waals surface area contributed by atoms with Crippen molar-refractivity contribution in [1.82, 2.24) is 4.98 Å². The molecule has 0 aliphatic rings. The number of nitrogens with one attached hydrogen (secondary N) is 1. The van der Waals surface area contributed by atoms with E-state index in [1.54, 1.807) is 24.3 Å². The lowest BCUT2D eigenvalue weighted by molar-refractivity contribution is -0.136. The lowest BCUT2D eigenvalue weighted by Crippen LogP contribution is -2.02. The molecule has 5 nitrogen and oxygen atoms in total. The van der Waals surface area contributed by atoms with Crippen LogP contribution in [0.2, 0.25) is 0 Å². The Hall–Kier alpha value is -3.15. The number of carboxylic acids is 2. The van der Waals surface area contributed by atoms with E-state index in [0.717, 1.165) is 0 Å². The van der Waals surface area contributed by atoms with E-state index in [2.05, 4.69) is 4.98 Å². The lowest BCUT2D eigenvalue weighted by Gasteiger charge is -2.04. The van der Waals surface area contributed by atoms with Gasteiger partial charge in [0.1, 0.15) is 5.82 Å². The van der Waals surface area contributed by atoms with Gasteiger partial charge in [-0.3, -0.25) is 4.79 Å². The van der Waals surface area contributed by atoms with Crippen LogP contribution in [0.4, 0.5) is 4.39 Å². The second kappa shape index (κ2) is 5.57. The Morgan fingerprint density at radius 3 is 2.48 bits per heavy atom. The molecule has 3 N–H and O–H groups in total. The van der Waals surface area contributed by atoms with Gasteiger partial charge in [-0.2, -0.15) is 0 Å². The summed E-state index contributed by atoms with van der Waals surface area (Å²) in [4.78, 5) is 25.3. The van der Waals surface area contributed by atoms with Crippen molar-refractivity contribution in [3.63, 3.8) is 0 Å². The number of aromatic amines is 1. The van der Waals surface area contributed by atoms with Crippen LogP contribution >= 0.6 is 0 Å². The van der Waals surface area contributed by atoms with E-state index in [4.69, 9.17) is 10.2 Å². The molecule has 0 radical (unpaired) electrons. The maximum atomic E-state index is 14.1. The highest BCUT2D eigenvalue weighted by Gasteiger charge is 2.19. The molecule has 0 aliphatic heterocycles. The number of rotatable bonds is 4. The largest absolute Gasteiger partial charge is 0.481 e. The number of benzene rings is 2. The zero-order valence-corrected chi connectivity index (χ0v) is 11.8. The van der Waals surface area contributed by atoms with Crippen LogP contribution in [0, 0.1) is 5.82 Å². The van der Waals surface area contributed by atoms with Crippen molar-refractivity contribution in [1.29, 1.82) is 0 Å². The topological polar surface area (TPSA) is 90.4 Å². The number of hydrogen-bond acceptors (Lipinski definition) is 2. The van der Waals surface area contributed by atoms with E-state index >= 15 is 0 Å². The Labute approximate surface area is 130 Å². The Bertz CT molecular complexity index is 929. The Morgan fingerprint density at radius 1 is 1.09 bits per heavy atom. The van der Waals surface area contributed by atoms with E-state index in [1.165, 1.54) is 18.2 Å². The Balaban J connectivity index is 2.31. The van der Waals surface area contributed by atoms with Crippen LogP contribution in [-0.2, 0) is 11.2 Å². The zero-order chi connectivity index (χ0) is 16.6. The highest BCUT2D eigenvalue weighted by atomic mass is 19.1. The third kappa shape index (κ3) is 2.66. The van der Waals surface area contributed by atoms with E-state index in [-0.39, 0.29) is 17.5 Å². The number of hydrogen-bond donors (Lipinski definition) is 3. The van der Waals surface area contributed by atoms with Crippen molar-refractivity contribution in [3.05, 3.63) is 59.4 Å². The van der Waals surface area contributed by atoms with Gasteiger partial charge in [0, 0.05) is 16.5 Å². The van der Waals surface area contributed by atoms with E-state index in [9.17, 15) is 14.0 Å². The molecule has 116 valence electrons. The van der Waals surface area contributed by atoms with Gasteiger partial charge in [-0.15, -0.1) is 0 Å². The third-order valence-corrected chi connectivity index (χ3v) is 3.62. The number of fused-ring (bicyclic) bond motifs is 1. The molecule has 3 rings (SSSR count). The first kappa shape index (κ1) is 14.8. The molecule has 23 heavy (non-hydrogen) atoms. The van der Waals surface area contributed by atoms with Gasteiger partial charge in [0.05, 0.1) is 17.7 Å². The SMILES string of the molecule is O=C(O)Cc1c(-c2ccccc2F)[nH]c2ccc(C(=O)O)cc12. The van der Waals surface area contributed by atoms with Crippen molar-refractivity contribution in [2.24, 2.45) is 0 Å². The van der Waals surface area contributed by atoms with Gasteiger partial charge in [0.25, 0.3) is 0 Å². The van der Waals surface area contributed by atoms with Gasteiger partial charge < -0.3 is 15.2 Å². The third-order valence-electron chi connectivity index (χ3n) is 3.62. The number of halogens is 1. The van der Waals surface area contributed by atoms with Crippen LogP contribution in [0.25, 0.3) is 22.2 Å². The zero-order valence-electron chi connectivity index (χ0n) is 11.8. The molecule has 0 amide bonds. The summed E-state index contributed by atoms with van der Waals surface area (Å²) >= 11 is 0. The molecular weight excluding hydrogens is 301 g/mol. The van der Waals surface area contributed by atoms with Crippen LogP contribution in [-0.4, -0.2) is 27.1 Å². The predicted molar refractivity (Wildman–Crippen MR) is 82.0 cm³/mol. The van der Waals surface area contributed by atoms with E-state index < -0.39 is 17.8 Å². The number of aromatic carboxylic acids is 1. The monoisotopic (exact) mass is 313 g/mol. The summed E-state index contributed by atoms with van der Waals surface area (Å²) in [6, 6.07) is 10.4. The fourth-order valence-electron chi connectivity index (χ4n) is 2.61. The first-order chi connectivity index (χ1) is 11.0. The maximum absolute atomic E-state index is 14.1. The number of H-pyrrole nitrogens is 1. The Kier molecular flexibility index (Phi) is 3.57. The van der Waals surface area contributed by atoms with Crippen molar-refractivity contribution in [3.8, 4) is 11.3 Å². The molecule has 2 aromatic carbocycles. The molecule has 0 saturated heterocycles. The molecule has 1 aromatic heterocycles. The second-order valence-corrected chi connectivity index (χ2v) is 5.09. The maximum Gasteiger partial charge on any atom is 0.335 e. The normalized spacial score (nSPS) is 10.8. The lowest BCUT2D eigenvalue weighted by atomic mass is 10.0. The van der Waals surface area contributed by atoms with Crippen LogP contribution in [0.1, 0.15) is 15.9 Å². The summed E-state index contributed by atoms with van der Waals surface area (Å²) in [5.41, 5.74) is 1.56. The molecule has 1 heterocycles. The van der Waals surface area contributed by atoms with Crippen LogP contribution in [0.15, 0.2) is 42.5 Å². The fraction of sp³-hybridized carbons (Fsp3) is 0.0588. The average Bonchev–Trinajstić information content (AvgIpc) is 2.85. The highest BCUT2D eigenvalue weighted by Crippen LogP contribution is 2.32. The second-order valence-electron chi connectivity index (χ2n) is 5.09. The van der Waals surface area contributed by atoms with Gasteiger partial charge in [-0.05, 0) is 35.9 Å². The molecule has 0 saturated carbocycles. The summed E-state index contributed by atoms with van der Waals surface area (Å²) in [6.07, 6.45) is -0.341. The van der Waals surface area contributed by atoms with Crippen molar-refractivity contribution >= 4 is 22.8 Å². The van der Waals surface area contributed by atoms with Crippen LogP contribution < -0.4 is 0 Å². The molecule has 0 atom stereocenters. The minimum absolute atomic E-state index is 0.0447. The van der Waals surface area contributed by atoms with Crippen molar-refractivity contribution in [2.75, 3.05) is 0 Å². The summed E-state index contributed by atoms with van der Waals surface area (Å²) in [7, 11) is 0. The standard InChI is InChI=1S/C17H12FNO4/c18-13-4-2-1-3-10(13)16-12(8-15(20)21)11-7-9(17(22)23)5-6-14(11)19-16/h1-7,19H,8H2,(H,20,21)(H,22,23). The molecule has 0 aliphatic carbocycles. The van der Waals surface area contributed by atoms with Crippen LogP contribution in [0.5, 0.6) is 0 Å². The summed E-state index contributed by atoms with van der Waals surface area (Å²) in [5.74, 6) is -2.67. The van der Waals surface area contributed by atoms with E-state index in [0.29, 0.717) is 22.2 Å². The van der Waals surface area contributed by atoms with Gasteiger partial charge in [0.2, 0.25) is 0 Å². The first-order valence-electron chi connectivity index (χ1n) is 6.82. The first-order valence-corrected chi connectivity index (χ1v) is 6.82. The van der Waals surface area contributed by atoms with Gasteiger partial charge in [0.15, 0.2) is 0 Å². The average molecular weight is 313 g/mol. The Morgan fingerprint density at radius 2 is 1.83 bits per heavy atom. The summed E-state index contributed by atoms with van der Waals surface area (Å²) < 4.78 is 14.1. The quantitative estimate of drug-likeness (QED) is 0.689. The fourth-order valence-corrected chi connectivity index (χ4v) is 2.61. The summed E-state index contributed by atoms with van der Waals surface area (Å²) in [6.45, 7) is 0. The smallest absolute Gasteiger partial charge is 0.335 e. The molecule has 3 aromatic rings. The van der Waals surface area contributed by atoms with Gasteiger partial charge in [-0.1, -0.05) is 12.1 Å². The minimum Gasteiger partial charge on any atom is -0.481 e. The van der Waals surface area contributed by atoms with Crippen LogP contribution in [0.3, 0.4) is 0 Å². The van der Waals surface area contributed by atoms with Crippen molar-refractivity contribution < 1.29 is 24.2 Å². The van der Waals surface area contributed by atoms with Gasteiger partial charge >= 0.3 is 11.9 Å². The molecule has 0 fully saturated rings. The molecule has 6 heteroatoms. The highest BCUT2D eigenvalue weighted by molar-refractivity contribution is 5.99. The minimum atomic E-state index is -1.11. The molecule has 0 spiro atoms. The predicted octanol–water partition coefficient (Wildman–Crippen LogP) is 3.30. The number of carbonyl (C=O) groups is 2. The van der Waals surface area contributed by atoms with Gasteiger partial charge in [-0.25, -0.2) is 9.18 Å². The molecule has 0 unspecified atom stereocenters. The number of aromatic nitrogens is 1. The summed E-state index contributed by atoms with van der Waals surface area (Å²) in [5, 5.41) is 18.7. The van der Waals surface area contributed by atoms with E-state index in [1.807, 2.05) is 0 Å². The molecule has 0 bridgehead atoms.